The van der Waals surface area contributed by atoms with E-state index in [1.165, 1.54) is 19.3 Å². The van der Waals surface area contributed by atoms with Crippen LogP contribution in [0.4, 0.5) is 0 Å². The third-order valence-corrected chi connectivity index (χ3v) is 3.60. The smallest absolute Gasteiger partial charge is 0.0831 e. The SMILES string of the molecule is CCC(NC(C)COC1CCOC1)C1CC1. The van der Waals surface area contributed by atoms with Crippen LogP contribution in [0.15, 0.2) is 0 Å². The van der Waals surface area contributed by atoms with Crippen molar-refractivity contribution in [3.05, 3.63) is 0 Å². The van der Waals surface area contributed by atoms with Crippen LogP contribution in [0.2, 0.25) is 0 Å². The molecule has 1 heterocycles. The molecular formula is C13H25NO2. The molecule has 0 aromatic heterocycles. The van der Waals surface area contributed by atoms with E-state index < -0.39 is 0 Å². The first-order valence-electron chi connectivity index (χ1n) is 6.75. The van der Waals surface area contributed by atoms with E-state index in [1.807, 2.05) is 0 Å². The maximum Gasteiger partial charge on any atom is 0.0831 e. The maximum absolute atomic E-state index is 5.82. The lowest BCUT2D eigenvalue weighted by Gasteiger charge is -2.23. The second kappa shape index (κ2) is 5.99. The topological polar surface area (TPSA) is 30.5 Å². The molecule has 0 radical (unpaired) electrons. The Morgan fingerprint density at radius 1 is 1.38 bits per heavy atom. The Morgan fingerprint density at radius 2 is 2.19 bits per heavy atom. The van der Waals surface area contributed by atoms with Crippen molar-refractivity contribution in [2.75, 3.05) is 19.8 Å². The zero-order chi connectivity index (χ0) is 11.4. The molecule has 1 aliphatic heterocycles. The van der Waals surface area contributed by atoms with Gasteiger partial charge in [0.1, 0.15) is 0 Å². The minimum atomic E-state index is 0.338. The van der Waals surface area contributed by atoms with Crippen LogP contribution in [0.25, 0.3) is 0 Å². The molecule has 0 amide bonds. The maximum atomic E-state index is 5.82. The minimum absolute atomic E-state index is 0.338. The third-order valence-electron chi connectivity index (χ3n) is 3.60. The molecule has 16 heavy (non-hydrogen) atoms. The molecule has 1 aliphatic carbocycles. The van der Waals surface area contributed by atoms with Crippen molar-refractivity contribution in [1.82, 2.24) is 5.32 Å². The second-order valence-corrected chi connectivity index (χ2v) is 5.24. The summed E-state index contributed by atoms with van der Waals surface area (Å²) in [6, 6.07) is 1.17. The van der Waals surface area contributed by atoms with Gasteiger partial charge in [0, 0.05) is 18.7 Å². The fourth-order valence-corrected chi connectivity index (χ4v) is 2.42. The Hall–Kier alpha value is -0.120. The molecule has 0 aromatic carbocycles. The van der Waals surface area contributed by atoms with Gasteiger partial charge in [0.2, 0.25) is 0 Å². The van der Waals surface area contributed by atoms with E-state index >= 15 is 0 Å². The highest BCUT2D eigenvalue weighted by molar-refractivity contribution is 4.86. The number of ether oxygens (including phenoxy) is 2. The summed E-state index contributed by atoms with van der Waals surface area (Å²) in [5.41, 5.74) is 0. The number of hydrogen-bond donors (Lipinski definition) is 1. The first kappa shape index (κ1) is 12.3. The Kier molecular flexibility index (Phi) is 4.62. The van der Waals surface area contributed by atoms with Crippen LogP contribution in [0.3, 0.4) is 0 Å². The van der Waals surface area contributed by atoms with Gasteiger partial charge < -0.3 is 14.8 Å². The van der Waals surface area contributed by atoms with Gasteiger partial charge in [-0.1, -0.05) is 6.92 Å². The minimum Gasteiger partial charge on any atom is -0.379 e. The molecule has 0 bridgehead atoms. The summed E-state index contributed by atoms with van der Waals surface area (Å²) in [4.78, 5) is 0. The second-order valence-electron chi connectivity index (χ2n) is 5.24. The molecule has 3 unspecified atom stereocenters. The molecule has 2 rings (SSSR count). The summed E-state index contributed by atoms with van der Waals surface area (Å²) in [7, 11) is 0. The molecule has 3 atom stereocenters. The fraction of sp³-hybridized carbons (Fsp3) is 1.00. The van der Waals surface area contributed by atoms with Gasteiger partial charge in [-0.25, -0.2) is 0 Å². The van der Waals surface area contributed by atoms with Gasteiger partial charge in [-0.15, -0.1) is 0 Å². The highest BCUT2D eigenvalue weighted by Crippen LogP contribution is 2.34. The zero-order valence-corrected chi connectivity index (χ0v) is 10.6. The molecule has 1 saturated heterocycles. The summed E-state index contributed by atoms with van der Waals surface area (Å²) in [5.74, 6) is 0.933. The van der Waals surface area contributed by atoms with Crippen molar-refractivity contribution in [2.45, 2.75) is 57.7 Å². The molecule has 3 nitrogen and oxygen atoms in total. The lowest BCUT2D eigenvalue weighted by Crippen LogP contribution is -2.41. The van der Waals surface area contributed by atoms with Crippen molar-refractivity contribution >= 4 is 0 Å². The van der Waals surface area contributed by atoms with E-state index in [1.54, 1.807) is 0 Å². The summed E-state index contributed by atoms with van der Waals surface area (Å²) >= 11 is 0. The van der Waals surface area contributed by atoms with Crippen molar-refractivity contribution in [3.8, 4) is 0 Å². The molecule has 3 heteroatoms. The van der Waals surface area contributed by atoms with Gasteiger partial charge in [0.05, 0.1) is 19.3 Å². The van der Waals surface area contributed by atoms with Gasteiger partial charge in [-0.3, -0.25) is 0 Å². The van der Waals surface area contributed by atoms with Gasteiger partial charge >= 0.3 is 0 Å². The van der Waals surface area contributed by atoms with Crippen molar-refractivity contribution < 1.29 is 9.47 Å². The average Bonchev–Trinajstić information content (AvgIpc) is 3.00. The molecule has 0 aromatic rings. The van der Waals surface area contributed by atoms with Crippen LogP contribution in [0.1, 0.15) is 39.5 Å². The van der Waals surface area contributed by atoms with Crippen LogP contribution >= 0.6 is 0 Å². The quantitative estimate of drug-likeness (QED) is 0.721. The van der Waals surface area contributed by atoms with Crippen molar-refractivity contribution in [1.29, 1.82) is 0 Å². The van der Waals surface area contributed by atoms with Crippen molar-refractivity contribution in [2.24, 2.45) is 5.92 Å². The third kappa shape index (κ3) is 3.72. The number of rotatable bonds is 7. The highest BCUT2D eigenvalue weighted by Gasteiger charge is 2.30. The van der Waals surface area contributed by atoms with Crippen molar-refractivity contribution in [3.63, 3.8) is 0 Å². The average molecular weight is 227 g/mol. The molecule has 0 spiro atoms. The Balaban J connectivity index is 1.60. The Labute approximate surface area is 98.9 Å². The molecular weight excluding hydrogens is 202 g/mol. The Bertz CT molecular complexity index is 200. The van der Waals surface area contributed by atoms with Crippen LogP contribution in [0, 0.1) is 5.92 Å². The lowest BCUT2D eigenvalue weighted by atomic mass is 10.1. The van der Waals surface area contributed by atoms with Gasteiger partial charge in [0.25, 0.3) is 0 Å². The first-order valence-corrected chi connectivity index (χ1v) is 6.75. The van der Waals surface area contributed by atoms with E-state index in [4.69, 9.17) is 9.47 Å². The number of hydrogen-bond acceptors (Lipinski definition) is 3. The van der Waals surface area contributed by atoms with E-state index in [-0.39, 0.29) is 0 Å². The van der Waals surface area contributed by atoms with Crippen LogP contribution in [-0.4, -0.2) is 38.0 Å². The first-order chi connectivity index (χ1) is 7.79. The molecule has 1 N–H and O–H groups in total. The summed E-state index contributed by atoms with van der Waals surface area (Å²) in [6.07, 6.45) is 5.46. The summed E-state index contributed by atoms with van der Waals surface area (Å²) in [6.45, 7) is 6.96. The van der Waals surface area contributed by atoms with E-state index in [9.17, 15) is 0 Å². The highest BCUT2D eigenvalue weighted by atomic mass is 16.5. The summed E-state index contributed by atoms with van der Waals surface area (Å²) in [5, 5.41) is 3.69. The van der Waals surface area contributed by atoms with Crippen LogP contribution in [-0.2, 0) is 9.47 Å². The molecule has 94 valence electrons. The molecule has 1 saturated carbocycles. The zero-order valence-electron chi connectivity index (χ0n) is 10.6. The predicted molar refractivity (Wildman–Crippen MR) is 64.6 cm³/mol. The number of nitrogens with one attached hydrogen (secondary N) is 1. The van der Waals surface area contributed by atoms with Crippen LogP contribution in [0.5, 0.6) is 0 Å². The summed E-state index contributed by atoms with van der Waals surface area (Å²) < 4.78 is 11.1. The monoisotopic (exact) mass is 227 g/mol. The van der Waals surface area contributed by atoms with Gasteiger partial charge in [-0.2, -0.15) is 0 Å². The van der Waals surface area contributed by atoms with Gasteiger partial charge in [-0.05, 0) is 38.5 Å². The van der Waals surface area contributed by atoms with E-state index in [2.05, 4.69) is 19.2 Å². The largest absolute Gasteiger partial charge is 0.379 e. The Morgan fingerprint density at radius 3 is 2.75 bits per heavy atom. The van der Waals surface area contributed by atoms with E-state index in [0.29, 0.717) is 18.2 Å². The molecule has 2 aliphatic rings. The standard InChI is InChI=1S/C13H25NO2/c1-3-13(11-4-5-11)14-10(2)8-16-12-6-7-15-9-12/h10-14H,3-9H2,1-2H3. The predicted octanol–water partition coefficient (Wildman–Crippen LogP) is 1.96. The van der Waals surface area contributed by atoms with Crippen LogP contribution < -0.4 is 5.32 Å². The fourth-order valence-electron chi connectivity index (χ4n) is 2.42. The normalized spacial score (nSPS) is 29.2. The van der Waals surface area contributed by atoms with E-state index in [0.717, 1.165) is 32.2 Å². The lowest BCUT2D eigenvalue weighted by molar-refractivity contribution is 0.0303. The van der Waals surface area contributed by atoms with Gasteiger partial charge in [0.15, 0.2) is 0 Å². The molecule has 2 fully saturated rings.